The molecular formula is C26H33ClN8O. The minimum atomic E-state index is 0.424. The Balaban J connectivity index is 1.14. The molecule has 5 heterocycles. The standard InChI is InChI=1S/C26H33ClN8O/c1-18-13-22(27)31-24(30-18)8-4-3-5-11-34-12-6-7-20(34)17-36-21-14-29-33(2)26(21)19-9-10-25-32-23(28)16-35(25)15-19/h9-10,13-16,20H,3-8,11-12,17,28H2,1-2H3/t20-/m1/s1. The van der Waals surface area contributed by atoms with E-state index < -0.39 is 0 Å². The summed E-state index contributed by atoms with van der Waals surface area (Å²) in [6.07, 6.45) is 12.2. The van der Waals surface area contributed by atoms with Crippen molar-refractivity contribution < 1.29 is 4.74 Å². The van der Waals surface area contributed by atoms with Crippen LogP contribution in [0.2, 0.25) is 5.15 Å². The number of halogens is 1. The lowest BCUT2D eigenvalue weighted by Crippen LogP contribution is -2.35. The van der Waals surface area contributed by atoms with E-state index in [0.717, 1.165) is 79.4 Å². The number of unbranched alkanes of at least 4 members (excludes halogenated alkanes) is 2. The molecule has 2 N–H and O–H groups in total. The Morgan fingerprint density at radius 2 is 2.03 bits per heavy atom. The van der Waals surface area contributed by atoms with E-state index >= 15 is 0 Å². The van der Waals surface area contributed by atoms with E-state index in [9.17, 15) is 0 Å². The number of hydrogen-bond acceptors (Lipinski definition) is 7. The molecule has 5 rings (SSSR count). The number of ether oxygens (including phenoxy) is 1. The van der Waals surface area contributed by atoms with Crippen LogP contribution in [0.5, 0.6) is 5.75 Å². The van der Waals surface area contributed by atoms with Gasteiger partial charge in [-0.15, -0.1) is 0 Å². The van der Waals surface area contributed by atoms with Crippen LogP contribution in [0, 0.1) is 6.92 Å². The number of nitrogen functional groups attached to an aromatic ring is 1. The number of fused-ring (bicyclic) bond motifs is 1. The van der Waals surface area contributed by atoms with Crippen molar-refractivity contribution in [1.29, 1.82) is 0 Å². The van der Waals surface area contributed by atoms with Gasteiger partial charge in [-0.05, 0) is 63.9 Å². The summed E-state index contributed by atoms with van der Waals surface area (Å²) in [5.41, 5.74) is 9.55. The van der Waals surface area contributed by atoms with Crippen molar-refractivity contribution in [3.05, 3.63) is 53.5 Å². The number of pyridine rings is 1. The van der Waals surface area contributed by atoms with Gasteiger partial charge in [0.1, 0.15) is 34.7 Å². The normalized spacial score (nSPS) is 16.2. The summed E-state index contributed by atoms with van der Waals surface area (Å²) >= 11 is 6.05. The zero-order valence-electron chi connectivity index (χ0n) is 20.9. The fourth-order valence-electron chi connectivity index (χ4n) is 5.04. The van der Waals surface area contributed by atoms with Crippen molar-refractivity contribution in [2.24, 2.45) is 7.05 Å². The van der Waals surface area contributed by atoms with Crippen LogP contribution < -0.4 is 10.5 Å². The fourth-order valence-corrected chi connectivity index (χ4v) is 5.30. The van der Waals surface area contributed by atoms with E-state index in [-0.39, 0.29) is 0 Å². The number of hydrogen-bond donors (Lipinski definition) is 1. The van der Waals surface area contributed by atoms with Crippen LogP contribution in [0.1, 0.15) is 43.6 Å². The summed E-state index contributed by atoms with van der Waals surface area (Å²) in [6.45, 7) is 4.83. The van der Waals surface area contributed by atoms with Gasteiger partial charge >= 0.3 is 0 Å². The number of rotatable bonds is 10. The van der Waals surface area contributed by atoms with Crippen LogP contribution in [-0.2, 0) is 13.5 Å². The molecule has 1 fully saturated rings. The molecule has 9 nitrogen and oxygen atoms in total. The Hall–Kier alpha value is -3.17. The molecule has 0 aliphatic carbocycles. The minimum absolute atomic E-state index is 0.424. The highest BCUT2D eigenvalue weighted by Crippen LogP contribution is 2.31. The molecule has 1 atom stereocenters. The molecule has 0 radical (unpaired) electrons. The van der Waals surface area contributed by atoms with Crippen LogP contribution in [0.15, 0.2) is 36.8 Å². The second kappa shape index (κ2) is 10.8. The molecule has 1 saturated heterocycles. The van der Waals surface area contributed by atoms with Gasteiger partial charge in [-0.3, -0.25) is 9.58 Å². The Morgan fingerprint density at radius 3 is 2.89 bits per heavy atom. The molecule has 36 heavy (non-hydrogen) atoms. The van der Waals surface area contributed by atoms with Crippen LogP contribution in [-0.4, -0.2) is 59.8 Å². The maximum Gasteiger partial charge on any atom is 0.165 e. The summed E-state index contributed by atoms with van der Waals surface area (Å²) in [7, 11) is 1.94. The van der Waals surface area contributed by atoms with Gasteiger partial charge in [0.2, 0.25) is 0 Å². The zero-order chi connectivity index (χ0) is 25.1. The molecule has 0 unspecified atom stereocenters. The summed E-state index contributed by atoms with van der Waals surface area (Å²) in [6, 6.07) is 6.21. The highest BCUT2D eigenvalue weighted by Gasteiger charge is 2.25. The summed E-state index contributed by atoms with van der Waals surface area (Å²) < 4.78 is 10.1. The lowest BCUT2D eigenvalue weighted by Gasteiger charge is -2.24. The van der Waals surface area contributed by atoms with Gasteiger partial charge in [-0.1, -0.05) is 18.0 Å². The second-order valence-electron chi connectivity index (χ2n) is 9.53. The third kappa shape index (κ3) is 5.63. The molecule has 0 amide bonds. The summed E-state index contributed by atoms with van der Waals surface area (Å²) in [4.78, 5) is 15.7. The summed E-state index contributed by atoms with van der Waals surface area (Å²) in [5, 5.41) is 4.99. The highest BCUT2D eigenvalue weighted by atomic mass is 35.5. The summed E-state index contributed by atoms with van der Waals surface area (Å²) in [5.74, 6) is 2.15. The molecule has 1 aliphatic rings. The van der Waals surface area contributed by atoms with Gasteiger partial charge in [0.25, 0.3) is 0 Å². The van der Waals surface area contributed by atoms with Gasteiger partial charge in [0, 0.05) is 37.0 Å². The van der Waals surface area contributed by atoms with Crippen LogP contribution in [0.4, 0.5) is 5.82 Å². The van der Waals surface area contributed by atoms with Crippen molar-refractivity contribution in [3.63, 3.8) is 0 Å². The largest absolute Gasteiger partial charge is 0.488 e. The van der Waals surface area contributed by atoms with Gasteiger partial charge in [0.15, 0.2) is 5.75 Å². The molecule has 4 aromatic rings. The van der Waals surface area contributed by atoms with Crippen molar-refractivity contribution in [1.82, 2.24) is 34.0 Å². The lowest BCUT2D eigenvalue weighted by atomic mass is 10.1. The molecular weight excluding hydrogens is 476 g/mol. The number of aromatic nitrogens is 6. The third-order valence-electron chi connectivity index (χ3n) is 6.79. The Bertz CT molecular complexity index is 1310. The third-order valence-corrected chi connectivity index (χ3v) is 6.99. The van der Waals surface area contributed by atoms with Crippen molar-refractivity contribution in [2.75, 3.05) is 25.4 Å². The quantitative estimate of drug-likeness (QED) is 0.251. The number of nitrogens with two attached hydrogens (primary N) is 1. The van der Waals surface area contributed by atoms with Crippen LogP contribution in [0.3, 0.4) is 0 Å². The predicted octanol–water partition coefficient (Wildman–Crippen LogP) is 4.33. The maximum atomic E-state index is 6.35. The van der Waals surface area contributed by atoms with E-state index in [1.54, 1.807) is 12.3 Å². The number of likely N-dealkylation sites (tertiary alicyclic amines) is 1. The molecule has 10 heteroatoms. The van der Waals surface area contributed by atoms with Gasteiger partial charge in [0.05, 0.1) is 12.4 Å². The lowest BCUT2D eigenvalue weighted by molar-refractivity contribution is 0.171. The topological polar surface area (TPSA) is 99.4 Å². The van der Waals surface area contributed by atoms with E-state index in [1.165, 1.54) is 6.42 Å². The first kappa shape index (κ1) is 24.5. The van der Waals surface area contributed by atoms with Gasteiger partial charge in [-0.2, -0.15) is 5.10 Å². The zero-order valence-corrected chi connectivity index (χ0v) is 21.7. The van der Waals surface area contributed by atoms with Gasteiger partial charge in [-0.25, -0.2) is 15.0 Å². The first-order valence-electron chi connectivity index (χ1n) is 12.6. The first-order chi connectivity index (χ1) is 17.5. The van der Waals surface area contributed by atoms with E-state index in [0.29, 0.717) is 23.6 Å². The highest BCUT2D eigenvalue weighted by molar-refractivity contribution is 6.29. The Labute approximate surface area is 216 Å². The number of anilines is 1. The molecule has 190 valence electrons. The average molecular weight is 509 g/mol. The monoisotopic (exact) mass is 508 g/mol. The van der Waals surface area contributed by atoms with Crippen LogP contribution >= 0.6 is 11.6 Å². The Kier molecular flexibility index (Phi) is 7.38. The van der Waals surface area contributed by atoms with Gasteiger partial charge < -0.3 is 14.9 Å². The molecule has 0 aromatic carbocycles. The smallest absolute Gasteiger partial charge is 0.165 e. The molecule has 0 spiro atoms. The van der Waals surface area contributed by atoms with Crippen molar-refractivity contribution in [3.8, 4) is 17.0 Å². The second-order valence-corrected chi connectivity index (χ2v) is 9.92. The predicted molar refractivity (Wildman–Crippen MR) is 141 cm³/mol. The number of nitrogens with zero attached hydrogens (tertiary/aromatic N) is 7. The SMILES string of the molecule is Cc1cc(Cl)nc(CCCCCN2CCC[C@@H]2COc2cnn(C)c2-c2ccc3nc(N)cn3c2)n1. The minimum Gasteiger partial charge on any atom is -0.488 e. The molecule has 1 aliphatic heterocycles. The van der Waals surface area contributed by atoms with E-state index in [1.807, 2.05) is 47.6 Å². The van der Waals surface area contributed by atoms with Crippen molar-refractivity contribution in [2.45, 2.75) is 51.5 Å². The average Bonchev–Trinajstić information content (AvgIpc) is 3.53. The molecule has 0 bridgehead atoms. The fraction of sp³-hybridized carbons (Fsp3) is 0.462. The number of imidazole rings is 1. The number of aryl methyl sites for hydroxylation is 3. The van der Waals surface area contributed by atoms with E-state index in [4.69, 9.17) is 22.1 Å². The van der Waals surface area contributed by atoms with Crippen molar-refractivity contribution >= 4 is 23.1 Å². The Morgan fingerprint density at radius 1 is 1.14 bits per heavy atom. The molecule has 0 saturated carbocycles. The van der Waals surface area contributed by atoms with E-state index in [2.05, 4.69) is 25.0 Å². The maximum absolute atomic E-state index is 6.35. The molecule has 4 aromatic heterocycles. The van der Waals surface area contributed by atoms with Crippen LogP contribution in [0.25, 0.3) is 16.9 Å². The first-order valence-corrected chi connectivity index (χ1v) is 13.0.